The topological polar surface area (TPSA) is 416 Å². The van der Waals surface area contributed by atoms with E-state index in [0.29, 0.717) is 36.4 Å². The number of halogens is 3. The highest BCUT2D eigenvalue weighted by Crippen LogP contribution is 2.50. The Morgan fingerprint density at radius 3 is 1.67 bits per heavy atom. The van der Waals surface area contributed by atoms with Crippen LogP contribution < -0.4 is 5.56 Å². The quantitative estimate of drug-likeness (QED) is 0.0394. The van der Waals surface area contributed by atoms with Crippen molar-refractivity contribution in [3.8, 4) is 11.5 Å². The van der Waals surface area contributed by atoms with Gasteiger partial charge in [0.1, 0.15) is 54.1 Å². The van der Waals surface area contributed by atoms with E-state index in [1.807, 2.05) is 0 Å². The number of benzene rings is 4. The molecular weight excluding hydrogens is 920 g/mol. The molecule has 6 N–H and O–H groups in total. The zero-order valence-electron chi connectivity index (χ0n) is 29.3. The predicted octanol–water partition coefficient (Wildman–Crippen LogP) is 5.41. The van der Waals surface area contributed by atoms with Gasteiger partial charge in [-0.15, -0.1) is 25.6 Å². The number of H-pyrrole nitrogens is 1. The van der Waals surface area contributed by atoms with Gasteiger partial charge in [-0.25, -0.2) is 13.1 Å². The molecule has 26 nitrogen and oxygen atoms in total. The average Bonchev–Trinajstić information content (AvgIpc) is 3.37. The van der Waals surface area contributed by atoms with E-state index in [-0.39, 0.29) is 10.4 Å². The molecule has 0 aliphatic rings. The van der Waals surface area contributed by atoms with E-state index in [1.54, 1.807) is 0 Å². The van der Waals surface area contributed by atoms with Crippen molar-refractivity contribution in [1.82, 2.24) is 9.78 Å². The Balaban J connectivity index is 1.69. The van der Waals surface area contributed by atoms with E-state index in [4.69, 9.17) is 0 Å². The molecule has 33 heteroatoms. The van der Waals surface area contributed by atoms with Crippen molar-refractivity contribution in [3.05, 3.63) is 74.7 Å². The van der Waals surface area contributed by atoms with E-state index < -0.39 is 145 Å². The number of fused-ring (bicyclic) bond motifs is 1. The molecule has 0 unspecified atom stereocenters. The summed E-state index contributed by atoms with van der Waals surface area (Å²) in [6.45, 7) is -0.557. The number of azo groups is 3. The van der Waals surface area contributed by atoms with E-state index in [0.717, 1.165) is 19.1 Å². The van der Waals surface area contributed by atoms with Crippen LogP contribution in [0.25, 0.3) is 10.8 Å². The number of non-ortho nitro benzene ring substituents is 1. The normalized spacial score (nSPS) is 13.3. The van der Waals surface area contributed by atoms with Crippen LogP contribution >= 0.6 is 0 Å². The summed E-state index contributed by atoms with van der Waals surface area (Å²) in [4.78, 5) is 17.0. The van der Waals surface area contributed by atoms with Crippen LogP contribution in [0.5, 0.6) is 11.5 Å². The summed E-state index contributed by atoms with van der Waals surface area (Å²) >= 11 is 0. The van der Waals surface area contributed by atoms with Crippen LogP contribution in [0.4, 0.5) is 53.0 Å². The summed E-state index contributed by atoms with van der Waals surface area (Å²) in [6.07, 6.45) is -4.81. The third kappa shape index (κ3) is 9.89. The fourth-order valence-electron chi connectivity index (χ4n) is 5.12. The molecule has 0 radical (unpaired) electrons. The highest BCUT2D eigenvalue weighted by Gasteiger charge is 2.31. The van der Waals surface area contributed by atoms with Gasteiger partial charge in [0, 0.05) is 12.1 Å². The average molecular weight is 939 g/mol. The van der Waals surface area contributed by atoms with Crippen LogP contribution in [0.15, 0.2) is 104 Å². The lowest BCUT2D eigenvalue weighted by Crippen LogP contribution is -2.26. The van der Waals surface area contributed by atoms with Crippen molar-refractivity contribution < 1.29 is 80.2 Å². The van der Waals surface area contributed by atoms with Gasteiger partial charge in [0.15, 0.2) is 17.2 Å². The molecule has 1 heterocycles. The number of alkyl halides is 3. The molecule has 4 aromatic carbocycles. The van der Waals surface area contributed by atoms with Crippen molar-refractivity contribution >= 4 is 91.1 Å². The second kappa shape index (κ2) is 15.8. The van der Waals surface area contributed by atoms with Gasteiger partial charge in [-0.05, 0) is 48.7 Å². The third-order valence-electron chi connectivity index (χ3n) is 7.68. The number of aromatic hydroxyl groups is 2. The van der Waals surface area contributed by atoms with Gasteiger partial charge >= 0.3 is 6.18 Å². The van der Waals surface area contributed by atoms with E-state index in [2.05, 4.69) is 35.8 Å². The molecule has 0 atom stereocenters. The number of phenols is 2. The fraction of sp³-hybridized carbons (Fsp3) is 0.107. The minimum atomic E-state index is -5.79. The lowest BCUT2D eigenvalue weighted by molar-refractivity contribution is -0.385. The molecule has 61 heavy (non-hydrogen) atoms. The fourth-order valence-corrected chi connectivity index (χ4v) is 7.71. The van der Waals surface area contributed by atoms with Crippen LogP contribution in [-0.2, 0) is 47.0 Å². The smallest absolute Gasteiger partial charge is 0.408 e. The highest BCUT2D eigenvalue weighted by molar-refractivity contribution is 7.86. The van der Waals surface area contributed by atoms with Crippen LogP contribution in [-0.4, -0.2) is 83.0 Å². The minimum absolute atomic E-state index is 0.166. The molecule has 0 spiro atoms. The Morgan fingerprint density at radius 2 is 1.18 bits per heavy atom. The molecule has 5 rings (SSSR count). The third-order valence-corrected chi connectivity index (χ3v) is 11.2. The molecule has 0 saturated heterocycles. The predicted molar refractivity (Wildman–Crippen MR) is 193 cm³/mol. The maximum atomic E-state index is 12.8. The number of aromatic amines is 1. The van der Waals surface area contributed by atoms with Crippen molar-refractivity contribution in [1.29, 1.82) is 0 Å². The number of aromatic nitrogens is 2. The van der Waals surface area contributed by atoms with Crippen molar-refractivity contribution in [3.63, 3.8) is 0 Å². The number of hydrogen-bond acceptors (Lipinski definition) is 20. The summed E-state index contributed by atoms with van der Waals surface area (Å²) in [5.41, 5.74) is -8.05. The molecule has 0 saturated carbocycles. The molecule has 1 aromatic heterocycles. The summed E-state index contributed by atoms with van der Waals surface area (Å²) < 4.78 is 178. The lowest BCUT2D eigenvalue weighted by Gasteiger charge is -2.16. The molecule has 0 aliphatic carbocycles. The summed E-state index contributed by atoms with van der Waals surface area (Å²) in [5, 5.41) is 54.3. The Labute approximate surface area is 336 Å². The first-order valence-corrected chi connectivity index (χ1v) is 21.1. The van der Waals surface area contributed by atoms with Gasteiger partial charge in [-0.1, -0.05) is 0 Å². The minimum Gasteiger partial charge on any atom is -0.744 e. The van der Waals surface area contributed by atoms with E-state index >= 15 is 0 Å². The summed E-state index contributed by atoms with van der Waals surface area (Å²) in [6, 6.07) is 4.35. The van der Waals surface area contributed by atoms with Gasteiger partial charge in [0.25, 0.3) is 41.6 Å². The largest absolute Gasteiger partial charge is 0.744 e. The number of nitro benzene ring substituents is 1. The van der Waals surface area contributed by atoms with E-state index in [9.17, 15) is 90.2 Å². The number of nitrogens with zero attached hydrogens (tertiary/aromatic N) is 8. The number of hydrogen-bond donors (Lipinski definition) is 6. The molecule has 0 aliphatic heterocycles. The maximum absolute atomic E-state index is 12.8. The van der Waals surface area contributed by atoms with Gasteiger partial charge < -0.3 is 14.8 Å². The SMILES string of the molecule is Cc1[nH]n(CC(F)(F)F)c(=O)c1N=Nc1ccc(N=Nc2c(S(=O)(=O)O)cc3cc(S(=O)(=O)[O-])c(N=Nc4ccc([N+](=O)[O-])cc4S(=O)(=O)O)c(O)c3c2O)c(S(=O)(=O)O)c1. The number of nitrogens with one attached hydrogen (secondary N) is 1. The monoisotopic (exact) mass is 938 g/mol. The second-order valence-electron chi connectivity index (χ2n) is 11.9. The molecule has 0 amide bonds. The van der Waals surface area contributed by atoms with Gasteiger partial charge in [0.05, 0.1) is 26.6 Å². The Kier molecular flexibility index (Phi) is 11.8. The molecular formula is C28H19F3N9O17S4-. The first-order chi connectivity index (χ1) is 27.9. The first kappa shape index (κ1) is 45.5. The summed E-state index contributed by atoms with van der Waals surface area (Å²) in [5.74, 6) is -3.07. The van der Waals surface area contributed by atoms with Crippen molar-refractivity contribution in [2.75, 3.05) is 0 Å². The number of aryl methyl sites for hydroxylation is 1. The summed E-state index contributed by atoms with van der Waals surface area (Å²) in [7, 11) is -22.0. The standard InChI is InChI=1S/C28H20F3N9O17S4/c1-11-22(27(43)39(38-11)10-28(29,30)31)35-32-13-2-4-15(17(8-13)58(46,47)48)33-36-23-19(60(52,53)54)6-12-7-20(61(55,56)57)24(26(42)21(12)25(23)41)37-34-16-5-3-14(40(44)45)9-18(16)59(49,50)51/h2-9,38,41-42H,10H2,1H3,(H,46,47,48)(H,49,50,51)(H,52,53,54)(H,55,56,57)/p-1. The Hall–Kier alpha value is -6.62. The number of nitro groups is 1. The number of phenolic OH excluding ortho intramolecular Hbond substituents is 2. The van der Waals surface area contributed by atoms with Crippen LogP contribution in [0.1, 0.15) is 5.69 Å². The van der Waals surface area contributed by atoms with Crippen LogP contribution in [0.2, 0.25) is 0 Å². The first-order valence-electron chi connectivity index (χ1n) is 15.4. The lowest BCUT2D eigenvalue weighted by atomic mass is 10.1. The van der Waals surface area contributed by atoms with Crippen molar-refractivity contribution in [2.24, 2.45) is 30.7 Å². The van der Waals surface area contributed by atoms with E-state index in [1.165, 1.54) is 0 Å². The van der Waals surface area contributed by atoms with Gasteiger partial charge in [-0.3, -0.25) is 33.7 Å². The molecule has 5 aromatic rings. The highest BCUT2D eigenvalue weighted by atomic mass is 32.2. The zero-order chi connectivity index (χ0) is 45.8. The molecule has 324 valence electrons. The second-order valence-corrected chi connectivity index (χ2v) is 17.4. The van der Waals surface area contributed by atoms with Gasteiger partial charge in [0.2, 0.25) is 0 Å². The zero-order valence-corrected chi connectivity index (χ0v) is 32.6. The van der Waals surface area contributed by atoms with Crippen molar-refractivity contribution in [2.45, 2.75) is 39.2 Å². The van der Waals surface area contributed by atoms with Gasteiger partial charge in [-0.2, -0.15) is 43.5 Å². The molecule has 0 bridgehead atoms. The Morgan fingerprint density at radius 1 is 0.705 bits per heavy atom. The molecule has 0 fully saturated rings. The number of rotatable bonds is 12. The van der Waals surface area contributed by atoms with Crippen LogP contribution in [0.3, 0.4) is 0 Å². The maximum Gasteiger partial charge on any atom is 0.408 e. The Bertz CT molecular complexity index is 3310. The van der Waals surface area contributed by atoms with Crippen LogP contribution in [0, 0.1) is 17.0 Å².